The fourth-order valence-electron chi connectivity index (χ4n) is 4.60. The van der Waals surface area contributed by atoms with Crippen molar-refractivity contribution >= 4 is 69.8 Å². The van der Waals surface area contributed by atoms with Crippen LogP contribution in [0.4, 0.5) is 0 Å². The first-order chi connectivity index (χ1) is 20.1. The summed E-state index contributed by atoms with van der Waals surface area (Å²) in [5.74, 6) is -0.218. The number of carbonyl (C=O) groups is 1. The van der Waals surface area contributed by atoms with Gasteiger partial charge >= 0.3 is 5.97 Å². The van der Waals surface area contributed by atoms with E-state index in [0.717, 1.165) is 16.7 Å². The van der Waals surface area contributed by atoms with E-state index < -0.39 is 12.0 Å². The fraction of sp³-hybridized carbons (Fsp3) is 0.194. The molecule has 0 amide bonds. The highest BCUT2D eigenvalue weighted by atomic mass is 35.5. The summed E-state index contributed by atoms with van der Waals surface area (Å²) in [5, 5.41) is 1.52. The van der Waals surface area contributed by atoms with Crippen LogP contribution in [-0.2, 0) is 16.1 Å². The lowest BCUT2D eigenvalue weighted by atomic mass is 9.95. The van der Waals surface area contributed by atoms with Gasteiger partial charge in [-0.25, -0.2) is 9.79 Å². The van der Waals surface area contributed by atoms with Crippen molar-refractivity contribution in [2.24, 2.45) is 4.99 Å². The molecule has 5 rings (SSSR count). The highest BCUT2D eigenvalue weighted by Gasteiger charge is 2.33. The van der Waals surface area contributed by atoms with Gasteiger partial charge in [-0.15, -0.1) is 0 Å². The molecule has 1 aromatic heterocycles. The molecular weight excluding hydrogens is 638 g/mol. The Morgan fingerprint density at radius 2 is 1.69 bits per heavy atom. The first kappa shape index (κ1) is 30.4. The van der Waals surface area contributed by atoms with E-state index in [1.165, 1.54) is 15.9 Å². The van der Waals surface area contributed by atoms with Crippen LogP contribution in [0.3, 0.4) is 0 Å². The van der Waals surface area contributed by atoms with Crippen molar-refractivity contribution in [3.63, 3.8) is 0 Å². The Morgan fingerprint density at radius 3 is 2.33 bits per heavy atom. The van der Waals surface area contributed by atoms with Crippen molar-refractivity contribution in [1.29, 1.82) is 0 Å². The van der Waals surface area contributed by atoms with E-state index in [1.54, 1.807) is 50.3 Å². The smallest absolute Gasteiger partial charge is 0.338 e. The van der Waals surface area contributed by atoms with Crippen molar-refractivity contribution in [3.05, 3.63) is 128 Å². The number of carbonyl (C=O) groups excluding carboxylic acids is 1. The molecule has 0 bridgehead atoms. The van der Waals surface area contributed by atoms with Crippen LogP contribution < -0.4 is 19.6 Å². The number of ether oxygens (including phenoxy) is 2. The maximum absolute atomic E-state index is 13.8. The Hall–Kier alpha value is -3.07. The molecule has 0 saturated carbocycles. The molecule has 42 heavy (non-hydrogen) atoms. The van der Waals surface area contributed by atoms with E-state index >= 15 is 0 Å². The molecule has 0 N–H and O–H groups in total. The number of rotatable bonds is 7. The normalized spacial score (nSPS) is 14.9. The molecule has 3 aromatic carbocycles. The summed E-state index contributed by atoms with van der Waals surface area (Å²) in [4.78, 5) is 32.0. The molecule has 0 saturated heterocycles. The van der Waals surface area contributed by atoms with Gasteiger partial charge in [0, 0.05) is 15.6 Å². The standard InChI is InChI=1S/C31H24Cl4N2O4S/c1-4-40-30(39)26-17(3)36-31-37(27(26)19-7-5-16(2)6-8-19)29(38)25(42-31)13-18-11-23(34)28(24(35)12-18)41-15-20-9-10-21(32)14-22(20)33/h5-14,27H,4,15H2,1-3H3/b25-13+/t27-/m0/s1. The summed E-state index contributed by atoms with van der Waals surface area (Å²) in [6, 6.07) is 15.4. The predicted octanol–water partition coefficient (Wildman–Crippen LogP) is 7.30. The molecule has 6 nitrogen and oxygen atoms in total. The number of benzene rings is 3. The van der Waals surface area contributed by atoms with Crippen molar-refractivity contribution in [2.75, 3.05) is 6.61 Å². The zero-order chi connectivity index (χ0) is 30.1. The number of hydrogen-bond donors (Lipinski definition) is 0. The van der Waals surface area contributed by atoms with E-state index in [-0.39, 0.29) is 34.6 Å². The maximum atomic E-state index is 13.8. The molecule has 0 aliphatic carbocycles. The summed E-state index contributed by atoms with van der Waals surface area (Å²) < 4.78 is 13.2. The van der Waals surface area contributed by atoms with Crippen molar-refractivity contribution in [1.82, 2.24) is 4.57 Å². The molecule has 0 radical (unpaired) electrons. The molecule has 2 heterocycles. The molecule has 0 unspecified atom stereocenters. The topological polar surface area (TPSA) is 69.9 Å². The maximum Gasteiger partial charge on any atom is 0.338 e. The van der Waals surface area contributed by atoms with Gasteiger partial charge in [-0.3, -0.25) is 9.36 Å². The Morgan fingerprint density at radius 1 is 1.00 bits per heavy atom. The lowest BCUT2D eigenvalue weighted by Gasteiger charge is -2.24. The Kier molecular flexibility index (Phi) is 9.16. The Labute approximate surface area is 266 Å². The number of allylic oxidation sites excluding steroid dienone is 1. The summed E-state index contributed by atoms with van der Waals surface area (Å²) in [7, 11) is 0. The monoisotopic (exact) mass is 660 g/mol. The van der Waals surface area contributed by atoms with Crippen LogP contribution in [0.15, 0.2) is 75.7 Å². The number of aryl methyl sites for hydroxylation is 1. The van der Waals surface area contributed by atoms with Crippen LogP contribution in [-0.4, -0.2) is 17.1 Å². The van der Waals surface area contributed by atoms with Crippen LogP contribution in [0.5, 0.6) is 5.75 Å². The van der Waals surface area contributed by atoms with E-state index in [2.05, 4.69) is 4.99 Å². The number of fused-ring (bicyclic) bond motifs is 1. The first-order valence-electron chi connectivity index (χ1n) is 12.9. The van der Waals surface area contributed by atoms with E-state index in [9.17, 15) is 9.59 Å². The molecule has 1 atom stereocenters. The lowest BCUT2D eigenvalue weighted by Crippen LogP contribution is -2.39. The number of aromatic nitrogens is 1. The molecule has 216 valence electrons. The molecule has 0 fully saturated rings. The number of nitrogens with zero attached hydrogens (tertiary/aromatic N) is 2. The molecular formula is C31H24Cl4N2O4S. The summed E-state index contributed by atoms with van der Waals surface area (Å²) in [6.07, 6.45) is 1.69. The quantitative estimate of drug-likeness (QED) is 0.195. The van der Waals surface area contributed by atoms with E-state index in [1.807, 2.05) is 31.2 Å². The second kappa shape index (κ2) is 12.7. The van der Waals surface area contributed by atoms with Crippen molar-refractivity contribution in [2.45, 2.75) is 33.4 Å². The van der Waals surface area contributed by atoms with Gasteiger partial charge in [-0.05, 0) is 62.2 Å². The molecule has 11 heteroatoms. The predicted molar refractivity (Wildman–Crippen MR) is 169 cm³/mol. The van der Waals surface area contributed by atoms with Crippen LogP contribution in [0.2, 0.25) is 20.1 Å². The first-order valence-corrected chi connectivity index (χ1v) is 15.2. The van der Waals surface area contributed by atoms with Gasteiger partial charge in [0.05, 0.1) is 38.5 Å². The number of hydrogen-bond acceptors (Lipinski definition) is 6. The molecule has 0 spiro atoms. The summed E-state index contributed by atoms with van der Waals surface area (Å²) in [6.45, 7) is 5.80. The van der Waals surface area contributed by atoms with Gasteiger partial charge in [0.2, 0.25) is 0 Å². The zero-order valence-corrected chi connectivity index (χ0v) is 26.6. The van der Waals surface area contributed by atoms with Gasteiger partial charge in [0.15, 0.2) is 10.6 Å². The molecule has 1 aliphatic heterocycles. The Bertz CT molecular complexity index is 1890. The molecule has 4 aromatic rings. The van der Waals surface area contributed by atoms with E-state index in [0.29, 0.717) is 36.2 Å². The van der Waals surface area contributed by atoms with E-state index in [4.69, 9.17) is 55.9 Å². The highest BCUT2D eigenvalue weighted by molar-refractivity contribution is 7.07. The van der Waals surface area contributed by atoms with Gasteiger partial charge in [0.1, 0.15) is 6.61 Å². The number of esters is 1. The zero-order valence-electron chi connectivity index (χ0n) is 22.7. The number of thiazole rings is 1. The van der Waals surface area contributed by atoms with Crippen LogP contribution in [0.1, 0.15) is 42.1 Å². The van der Waals surface area contributed by atoms with Crippen LogP contribution in [0.25, 0.3) is 6.08 Å². The SMILES string of the molecule is CCOC(=O)C1=C(C)N=c2s/c(=C/c3cc(Cl)c(OCc4ccc(Cl)cc4Cl)c(Cl)c3)c(=O)n2[C@H]1c1ccc(C)cc1. The average Bonchev–Trinajstić information content (AvgIpc) is 3.23. The average molecular weight is 662 g/mol. The summed E-state index contributed by atoms with van der Waals surface area (Å²) >= 11 is 26.5. The van der Waals surface area contributed by atoms with Crippen molar-refractivity contribution < 1.29 is 14.3 Å². The second-order valence-corrected chi connectivity index (χ2v) is 12.2. The van der Waals surface area contributed by atoms with Crippen molar-refractivity contribution in [3.8, 4) is 5.75 Å². The number of halogens is 4. The second-order valence-electron chi connectivity index (χ2n) is 9.55. The summed E-state index contributed by atoms with van der Waals surface area (Å²) in [5.41, 5.74) is 3.68. The van der Waals surface area contributed by atoms with Crippen LogP contribution >= 0.6 is 57.7 Å². The minimum absolute atomic E-state index is 0.133. The van der Waals surface area contributed by atoms with Gasteiger partial charge < -0.3 is 9.47 Å². The molecule has 1 aliphatic rings. The van der Waals surface area contributed by atoms with Crippen LogP contribution in [0, 0.1) is 6.92 Å². The van der Waals surface area contributed by atoms with Gasteiger partial charge in [-0.1, -0.05) is 93.6 Å². The minimum atomic E-state index is -0.689. The third kappa shape index (κ3) is 6.17. The van der Waals surface area contributed by atoms with Gasteiger partial charge in [0.25, 0.3) is 5.56 Å². The fourth-order valence-corrected chi connectivity index (χ4v) is 6.72. The third-order valence-corrected chi connectivity index (χ3v) is 8.75. The minimum Gasteiger partial charge on any atom is -0.486 e. The lowest BCUT2D eigenvalue weighted by molar-refractivity contribution is -0.139. The largest absolute Gasteiger partial charge is 0.486 e. The third-order valence-electron chi connectivity index (χ3n) is 6.62. The Balaban J connectivity index is 1.54. The highest BCUT2D eigenvalue weighted by Crippen LogP contribution is 2.36. The van der Waals surface area contributed by atoms with Gasteiger partial charge in [-0.2, -0.15) is 0 Å².